The maximum Gasteiger partial charge on any atom is 0.279 e. The molecule has 3 N–H and O–H groups in total. The van der Waals surface area contributed by atoms with E-state index in [1.165, 1.54) is 17.4 Å². The normalized spacial score (nSPS) is 18.3. The molecule has 0 radical (unpaired) electrons. The van der Waals surface area contributed by atoms with Crippen molar-refractivity contribution in [1.29, 1.82) is 0 Å². The zero-order valence-corrected chi connectivity index (χ0v) is 12.7. The topological polar surface area (TPSA) is 79.5 Å². The second-order valence-electron chi connectivity index (χ2n) is 4.76. The molecule has 1 aliphatic heterocycles. The van der Waals surface area contributed by atoms with Gasteiger partial charge in [-0.25, -0.2) is 0 Å². The number of nitrogens with one attached hydrogen (secondary N) is 3. The van der Waals surface area contributed by atoms with E-state index >= 15 is 0 Å². The summed E-state index contributed by atoms with van der Waals surface area (Å²) in [4.78, 5) is 24.0. The van der Waals surface area contributed by atoms with Crippen molar-refractivity contribution in [3.63, 3.8) is 0 Å². The minimum Gasteiger partial charge on any atom is -0.376 e. The number of hydrazine groups is 1. The van der Waals surface area contributed by atoms with Crippen LogP contribution in [-0.4, -0.2) is 31.1 Å². The standard InChI is InChI=1S/C14H19N3O3S/c1-10(16-17-14(19)12-5-3-7-21-12)8-13(18)15-9-11-4-2-6-20-11/h3,5,7-8,11,16H,2,4,6,9H2,1H3,(H,15,18)(H,17,19)/b10-8+/t11-/m0/s1. The molecule has 0 bridgehead atoms. The SMILES string of the molecule is C/C(=C\C(=O)NC[C@@H]1CCCO1)NNC(=O)c1cccs1. The number of hydrogen-bond donors (Lipinski definition) is 3. The molecule has 7 heteroatoms. The molecule has 2 amide bonds. The zero-order valence-electron chi connectivity index (χ0n) is 11.8. The maximum atomic E-state index is 11.7. The van der Waals surface area contributed by atoms with Crippen molar-refractivity contribution in [1.82, 2.24) is 16.2 Å². The molecule has 1 aromatic rings. The van der Waals surface area contributed by atoms with Crippen molar-refractivity contribution < 1.29 is 14.3 Å². The number of allylic oxidation sites excluding steroid dienone is 1. The van der Waals surface area contributed by atoms with E-state index < -0.39 is 0 Å². The number of ether oxygens (including phenoxy) is 1. The smallest absolute Gasteiger partial charge is 0.279 e. The monoisotopic (exact) mass is 309 g/mol. The summed E-state index contributed by atoms with van der Waals surface area (Å²) in [6.45, 7) is 3.00. The minimum atomic E-state index is -0.225. The number of carbonyl (C=O) groups is 2. The lowest BCUT2D eigenvalue weighted by atomic mass is 10.2. The van der Waals surface area contributed by atoms with Gasteiger partial charge < -0.3 is 15.5 Å². The van der Waals surface area contributed by atoms with Crippen molar-refractivity contribution in [3.05, 3.63) is 34.2 Å². The van der Waals surface area contributed by atoms with Crippen LogP contribution >= 0.6 is 11.3 Å². The first-order chi connectivity index (χ1) is 10.1. The van der Waals surface area contributed by atoms with E-state index in [9.17, 15) is 9.59 Å². The average Bonchev–Trinajstić information content (AvgIpc) is 3.15. The third kappa shape index (κ3) is 5.20. The first-order valence-corrected chi connectivity index (χ1v) is 7.70. The molecule has 2 rings (SSSR count). The predicted molar refractivity (Wildman–Crippen MR) is 80.7 cm³/mol. The van der Waals surface area contributed by atoms with Gasteiger partial charge in [-0.05, 0) is 31.2 Å². The summed E-state index contributed by atoms with van der Waals surface area (Å²) >= 11 is 1.35. The first kappa shape index (κ1) is 15.5. The van der Waals surface area contributed by atoms with Gasteiger partial charge >= 0.3 is 0 Å². The minimum absolute atomic E-state index is 0.120. The van der Waals surface area contributed by atoms with Crippen molar-refractivity contribution in [2.24, 2.45) is 0 Å². The molecule has 1 aliphatic rings. The van der Waals surface area contributed by atoms with Gasteiger partial charge in [0.15, 0.2) is 0 Å². The van der Waals surface area contributed by atoms with Gasteiger partial charge in [0.05, 0.1) is 11.0 Å². The van der Waals surface area contributed by atoms with E-state index in [0.717, 1.165) is 19.4 Å². The number of amides is 2. The van der Waals surface area contributed by atoms with Gasteiger partial charge in [-0.2, -0.15) is 0 Å². The number of rotatable bonds is 6. The Bertz CT molecular complexity index is 508. The van der Waals surface area contributed by atoms with E-state index in [-0.39, 0.29) is 17.9 Å². The van der Waals surface area contributed by atoms with Crippen LogP contribution in [0.2, 0.25) is 0 Å². The molecule has 114 valence electrons. The van der Waals surface area contributed by atoms with Crippen LogP contribution in [0, 0.1) is 0 Å². The van der Waals surface area contributed by atoms with Crippen LogP contribution in [0.3, 0.4) is 0 Å². The fourth-order valence-corrected chi connectivity index (χ4v) is 2.55. The average molecular weight is 309 g/mol. The molecule has 2 heterocycles. The van der Waals surface area contributed by atoms with Crippen LogP contribution in [-0.2, 0) is 9.53 Å². The first-order valence-electron chi connectivity index (χ1n) is 6.83. The summed E-state index contributed by atoms with van der Waals surface area (Å²) in [5, 5.41) is 4.61. The second-order valence-corrected chi connectivity index (χ2v) is 5.71. The highest BCUT2D eigenvalue weighted by Crippen LogP contribution is 2.10. The molecule has 1 atom stereocenters. The Hall–Kier alpha value is -1.86. The third-order valence-corrected chi connectivity index (χ3v) is 3.86. The van der Waals surface area contributed by atoms with E-state index in [1.807, 2.05) is 5.38 Å². The maximum absolute atomic E-state index is 11.7. The Morgan fingerprint density at radius 3 is 3.00 bits per heavy atom. The highest BCUT2D eigenvalue weighted by molar-refractivity contribution is 7.12. The number of hydrogen-bond acceptors (Lipinski definition) is 5. The van der Waals surface area contributed by atoms with Crippen LogP contribution in [0.25, 0.3) is 0 Å². The quantitative estimate of drug-likeness (QED) is 0.544. The number of carbonyl (C=O) groups excluding carboxylic acids is 2. The molecular formula is C14H19N3O3S. The fraction of sp³-hybridized carbons (Fsp3) is 0.429. The summed E-state index contributed by atoms with van der Waals surface area (Å²) in [5.74, 6) is -0.432. The summed E-state index contributed by atoms with van der Waals surface area (Å²) in [6, 6.07) is 3.54. The molecule has 6 nitrogen and oxygen atoms in total. The molecule has 0 aromatic carbocycles. The van der Waals surface area contributed by atoms with E-state index in [0.29, 0.717) is 17.1 Å². The van der Waals surface area contributed by atoms with Crippen molar-refractivity contribution in [3.8, 4) is 0 Å². The summed E-state index contributed by atoms with van der Waals surface area (Å²) in [7, 11) is 0. The van der Waals surface area contributed by atoms with Crippen LogP contribution in [0.15, 0.2) is 29.3 Å². The zero-order chi connectivity index (χ0) is 15.1. The Morgan fingerprint density at radius 1 is 1.48 bits per heavy atom. The lowest BCUT2D eigenvalue weighted by Crippen LogP contribution is -2.37. The van der Waals surface area contributed by atoms with E-state index in [4.69, 9.17) is 4.74 Å². The summed E-state index contributed by atoms with van der Waals surface area (Å²) in [6.07, 6.45) is 3.56. The molecule has 0 spiro atoms. The Morgan fingerprint density at radius 2 is 2.33 bits per heavy atom. The van der Waals surface area contributed by atoms with Crippen molar-refractivity contribution >= 4 is 23.2 Å². The summed E-state index contributed by atoms with van der Waals surface area (Å²) < 4.78 is 5.42. The molecule has 21 heavy (non-hydrogen) atoms. The molecule has 1 saturated heterocycles. The van der Waals surface area contributed by atoms with Crippen LogP contribution in [0.5, 0.6) is 0 Å². The highest BCUT2D eigenvalue weighted by atomic mass is 32.1. The third-order valence-electron chi connectivity index (χ3n) is 2.99. The van der Waals surface area contributed by atoms with Gasteiger partial charge in [-0.15, -0.1) is 11.3 Å². The lowest BCUT2D eigenvalue weighted by Gasteiger charge is -2.10. The van der Waals surface area contributed by atoms with Gasteiger partial charge in [-0.1, -0.05) is 6.07 Å². The molecule has 0 aliphatic carbocycles. The molecule has 0 saturated carbocycles. The van der Waals surface area contributed by atoms with Crippen molar-refractivity contribution in [2.45, 2.75) is 25.9 Å². The van der Waals surface area contributed by atoms with E-state index in [1.54, 1.807) is 19.1 Å². The van der Waals surface area contributed by atoms with Crippen LogP contribution < -0.4 is 16.2 Å². The van der Waals surface area contributed by atoms with Crippen molar-refractivity contribution in [2.75, 3.05) is 13.2 Å². The Balaban J connectivity index is 1.70. The van der Waals surface area contributed by atoms with Gasteiger partial charge in [0.25, 0.3) is 5.91 Å². The Labute approximate surface area is 127 Å². The Kier molecular flexibility index (Phi) is 5.77. The van der Waals surface area contributed by atoms with Gasteiger partial charge in [0, 0.05) is 24.9 Å². The molecule has 1 aromatic heterocycles. The van der Waals surface area contributed by atoms with Crippen LogP contribution in [0.4, 0.5) is 0 Å². The largest absolute Gasteiger partial charge is 0.376 e. The molecule has 0 unspecified atom stereocenters. The van der Waals surface area contributed by atoms with Gasteiger partial charge in [-0.3, -0.25) is 15.0 Å². The van der Waals surface area contributed by atoms with Gasteiger partial charge in [0.2, 0.25) is 5.91 Å². The molecular weight excluding hydrogens is 290 g/mol. The van der Waals surface area contributed by atoms with Gasteiger partial charge in [0.1, 0.15) is 0 Å². The number of thiophene rings is 1. The highest BCUT2D eigenvalue weighted by Gasteiger charge is 2.15. The summed E-state index contributed by atoms with van der Waals surface area (Å²) in [5.41, 5.74) is 5.80. The second kappa shape index (κ2) is 7.80. The lowest BCUT2D eigenvalue weighted by molar-refractivity contribution is -0.117. The fourth-order valence-electron chi connectivity index (χ4n) is 1.93. The predicted octanol–water partition coefficient (Wildman–Crippen LogP) is 1.18. The molecule has 1 fully saturated rings. The van der Waals surface area contributed by atoms with Crippen LogP contribution in [0.1, 0.15) is 29.4 Å². The van der Waals surface area contributed by atoms with E-state index in [2.05, 4.69) is 16.2 Å².